The maximum atomic E-state index is 5.52. The third kappa shape index (κ3) is 4.72. The van der Waals surface area contributed by atoms with E-state index in [2.05, 4.69) is 37.2 Å². The van der Waals surface area contributed by atoms with Gasteiger partial charge in [-0.1, -0.05) is 27.3 Å². The Kier molecular flexibility index (Phi) is 5.57. The van der Waals surface area contributed by atoms with Crippen LogP contribution >= 0.6 is 27.3 Å². The van der Waals surface area contributed by atoms with Gasteiger partial charge in [0.2, 0.25) is 0 Å². The minimum absolute atomic E-state index is 0.702. The summed E-state index contributed by atoms with van der Waals surface area (Å²) in [6, 6.07) is 6.12. The van der Waals surface area contributed by atoms with Crippen molar-refractivity contribution in [2.45, 2.75) is 0 Å². The first-order chi connectivity index (χ1) is 9.15. The van der Waals surface area contributed by atoms with Crippen molar-refractivity contribution in [1.29, 1.82) is 0 Å². The number of hydrogen-bond donors (Lipinski definition) is 1. The molecule has 0 aliphatic heterocycles. The van der Waals surface area contributed by atoms with E-state index in [1.807, 2.05) is 26.2 Å². The van der Waals surface area contributed by atoms with Crippen molar-refractivity contribution in [3.05, 3.63) is 22.7 Å². The molecule has 4 nitrogen and oxygen atoms in total. The van der Waals surface area contributed by atoms with E-state index in [-0.39, 0.29) is 0 Å². The molecule has 0 aliphatic carbocycles. The molecule has 1 heterocycles. The first kappa shape index (κ1) is 14.7. The van der Waals surface area contributed by atoms with Crippen LogP contribution in [0.25, 0.3) is 10.2 Å². The molecule has 1 N–H and O–H groups in total. The molecule has 0 bridgehead atoms. The number of nitrogens with zero attached hydrogens (tertiary/aromatic N) is 2. The Labute approximate surface area is 125 Å². The number of likely N-dealkylation sites (N-methyl/N-ethyl adjacent to an activating group) is 1. The van der Waals surface area contributed by atoms with E-state index >= 15 is 0 Å². The van der Waals surface area contributed by atoms with Crippen molar-refractivity contribution >= 4 is 42.6 Å². The lowest BCUT2D eigenvalue weighted by Gasteiger charge is -2.09. The van der Waals surface area contributed by atoms with Gasteiger partial charge in [0.15, 0.2) is 5.13 Å². The summed E-state index contributed by atoms with van der Waals surface area (Å²) < 4.78 is 7.80. The van der Waals surface area contributed by atoms with Gasteiger partial charge in [-0.25, -0.2) is 4.98 Å². The Bertz CT molecular complexity index is 530. The summed E-state index contributed by atoms with van der Waals surface area (Å²) in [5.74, 6) is 0. The smallest absolute Gasteiger partial charge is 0.183 e. The molecule has 0 radical (unpaired) electrons. The lowest BCUT2D eigenvalue weighted by Crippen LogP contribution is -2.19. The quantitative estimate of drug-likeness (QED) is 0.784. The molecule has 0 aliphatic rings. The highest BCUT2D eigenvalue weighted by molar-refractivity contribution is 9.10. The SMILES string of the molecule is CN(C)CCOCCNc1nc2ccc(Br)cc2s1. The second-order valence-corrected chi connectivity index (χ2v) is 6.42. The minimum Gasteiger partial charge on any atom is -0.378 e. The van der Waals surface area contributed by atoms with Crippen LogP contribution in [0.2, 0.25) is 0 Å². The zero-order chi connectivity index (χ0) is 13.7. The van der Waals surface area contributed by atoms with Crippen LogP contribution in [0.5, 0.6) is 0 Å². The molecule has 19 heavy (non-hydrogen) atoms. The average molecular weight is 344 g/mol. The van der Waals surface area contributed by atoms with Crippen molar-refractivity contribution in [3.63, 3.8) is 0 Å². The normalized spacial score (nSPS) is 11.4. The van der Waals surface area contributed by atoms with Gasteiger partial charge in [0.1, 0.15) is 0 Å². The number of anilines is 1. The van der Waals surface area contributed by atoms with E-state index in [1.165, 1.54) is 4.70 Å². The minimum atomic E-state index is 0.702. The van der Waals surface area contributed by atoms with E-state index in [1.54, 1.807) is 11.3 Å². The molecule has 1 aromatic carbocycles. The van der Waals surface area contributed by atoms with Crippen molar-refractivity contribution in [2.75, 3.05) is 45.7 Å². The predicted octanol–water partition coefficient (Wildman–Crippen LogP) is 3.05. The zero-order valence-corrected chi connectivity index (χ0v) is 13.6. The Morgan fingerprint density at radius 2 is 2.21 bits per heavy atom. The van der Waals surface area contributed by atoms with E-state index in [0.717, 1.165) is 34.8 Å². The van der Waals surface area contributed by atoms with Crippen LogP contribution in [0.15, 0.2) is 22.7 Å². The van der Waals surface area contributed by atoms with Gasteiger partial charge in [-0.2, -0.15) is 0 Å². The van der Waals surface area contributed by atoms with Crippen molar-refractivity contribution < 1.29 is 4.74 Å². The summed E-state index contributed by atoms with van der Waals surface area (Å²) >= 11 is 5.13. The van der Waals surface area contributed by atoms with Crippen molar-refractivity contribution in [2.24, 2.45) is 0 Å². The average Bonchev–Trinajstić information content (AvgIpc) is 2.75. The fourth-order valence-electron chi connectivity index (χ4n) is 1.55. The molecule has 6 heteroatoms. The Hall–Kier alpha value is -0.690. The molecule has 0 amide bonds. The summed E-state index contributed by atoms with van der Waals surface area (Å²) in [6.45, 7) is 3.21. The number of thiazole rings is 1. The van der Waals surface area contributed by atoms with Crippen LogP contribution in [0, 0.1) is 0 Å². The molecular weight excluding hydrogens is 326 g/mol. The molecule has 0 unspecified atom stereocenters. The highest BCUT2D eigenvalue weighted by Crippen LogP contribution is 2.28. The first-order valence-corrected chi connectivity index (χ1v) is 7.78. The largest absolute Gasteiger partial charge is 0.378 e. The number of nitrogens with one attached hydrogen (secondary N) is 1. The van der Waals surface area contributed by atoms with Crippen LogP contribution in [0.1, 0.15) is 0 Å². The van der Waals surface area contributed by atoms with Crippen molar-refractivity contribution in [3.8, 4) is 0 Å². The van der Waals surface area contributed by atoms with E-state index in [9.17, 15) is 0 Å². The molecular formula is C13H18BrN3OS. The van der Waals surface area contributed by atoms with Gasteiger partial charge in [-0.3, -0.25) is 0 Å². The Morgan fingerprint density at radius 3 is 3.00 bits per heavy atom. The van der Waals surface area contributed by atoms with Crippen LogP contribution in [0.3, 0.4) is 0 Å². The second-order valence-electron chi connectivity index (χ2n) is 4.47. The van der Waals surface area contributed by atoms with Crippen LogP contribution in [-0.4, -0.2) is 50.3 Å². The summed E-state index contributed by atoms with van der Waals surface area (Å²) in [6.07, 6.45) is 0. The van der Waals surface area contributed by atoms with Gasteiger partial charge in [0, 0.05) is 17.6 Å². The van der Waals surface area contributed by atoms with E-state index < -0.39 is 0 Å². The third-order valence-electron chi connectivity index (χ3n) is 2.56. The van der Waals surface area contributed by atoms with Gasteiger partial charge in [-0.15, -0.1) is 0 Å². The molecule has 2 rings (SSSR count). The number of ether oxygens (including phenoxy) is 1. The maximum Gasteiger partial charge on any atom is 0.183 e. The lowest BCUT2D eigenvalue weighted by molar-refractivity contribution is 0.126. The van der Waals surface area contributed by atoms with Crippen LogP contribution < -0.4 is 5.32 Å². The second kappa shape index (κ2) is 7.19. The van der Waals surface area contributed by atoms with Crippen LogP contribution in [0.4, 0.5) is 5.13 Å². The number of fused-ring (bicyclic) bond motifs is 1. The number of hydrogen-bond acceptors (Lipinski definition) is 5. The monoisotopic (exact) mass is 343 g/mol. The van der Waals surface area contributed by atoms with Crippen LogP contribution in [-0.2, 0) is 4.74 Å². The highest BCUT2D eigenvalue weighted by Gasteiger charge is 2.03. The molecule has 0 saturated heterocycles. The van der Waals surface area contributed by atoms with Gasteiger partial charge in [0.05, 0.1) is 23.4 Å². The van der Waals surface area contributed by atoms with E-state index in [4.69, 9.17) is 4.74 Å². The van der Waals surface area contributed by atoms with Gasteiger partial charge in [0.25, 0.3) is 0 Å². The fourth-order valence-corrected chi connectivity index (χ4v) is 3.00. The maximum absolute atomic E-state index is 5.52. The highest BCUT2D eigenvalue weighted by atomic mass is 79.9. The standard InChI is InChI=1S/C13H18BrN3OS/c1-17(2)6-8-18-7-5-15-13-16-11-4-3-10(14)9-12(11)19-13/h3-4,9H,5-8H2,1-2H3,(H,15,16). The number of halogens is 1. The van der Waals surface area contributed by atoms with Gasteiger partial charge < -0.3 is 15.0 Å². The molecule has 0 atom stereocenters. The zero-order valence-electron chi connectivity index (χ0n) is 11.1. The first-order valence-electron chi connectivity index (χ1n) is 6.17. The van der Waals surface area contributed by atoms with Gasteiger partial charge in [-0.05, 0) is 32.3 Å². The topological polar surface area (TPSA) is 37.4 Å². The lowest BCUT2D eigenvalue weighted by atomic mass is 10.3. The fraction of sp³-hybridized carbons (Fsp3) is 0.462. The Balaban J connectivity index is 1.75. The number of rotatable bonds is 7. The summed E-state index contributed by atoms with van der Waals surface area (Å²) in [4.78, 5) is 6.63. The van der Waals surface area contributed by atoms with Gasteiger partial charge >= 0.3 is 0 Å². The third-order valence-corrected chi connectivity index (χ3v) is 4.03. The number of benzene rings is 1. The molecule has 1 aromatic heterocycles. The molecule has 0 saturated carbocycles. The Morgan fingerprint density at radius 1 is 1.37 bits per heavy atom. The van der Waals surface area contributed by atoms with Crippen molar-refractivity contribution in [1.82, 2.24) is 9.88 Å². The summed E-state index contributed by atoms with van der Waals surface area (Å²) in [5, 5.41) is 4.24. The number of aromatic nitrogens is 1. The van der Waals surface area contributed by atoms with E-state index in [0.29, 0.717) is 6.61 Å². The molecule has 0 spiro atoms. The predicted molar refractivity (Wildman–Crippen MR) is 85.2 cm³/mol. The summed E-state index contributed by atoms with van der Waals surface area (Å²) in [7, 11) is 4.09. The molecule has 104 valence electrons. The summed E-state index contributed by atoms with van der Waals surface area (Å²) in [5.41, 5.74) is 1.03. The molecule has 0 fully saturated rings. The molecule has 2 aromatic rings.